The average Bonchev–Trinajstić information content (AvgIpc) is 3.09. The Morgan fingerprint density at radius 1 is 1.07 bits per heavy atom. The first kappa shape index (κ1) is 21.3. The van der Waals surface area contributed by atoms with Crippen molar-refractivity contribution in [3.8, 4) is 0 Å². The molecule has 0 aliphatic heterocycles. The smallest absolute Gasteiger partial charge is 0.237 e. The van der Waals surface area contributed by atoms with Crippen molar-refractivity contribution in [1.82, 2.24) is 9.62 Å². The number of carbonyl (C=O) groups is 1. The second-order valence-corrected chi connectivity index (χ2v) is 9.18. The Hall–Kier alpha value is -2.38. The van der Waals surface area contributed by atoms with Crippen LogP contribution in [0.1, 0.15) is 49.8 Å². The minimum absolute atomic E-state index is 0.00650. The van der Waals surface area contributed by atoms with Crippen molar-refractivity contribution in [1.29, 1.82) is 0 Å². The first-order valence-electron chi connectivity index (χ1n) is 10.1. The zero-order valence-electron chi connectivity index (χ0n) is 16.5. The van der Waals surface area contributed by atoms with Gasteiger partial charge in [0.15, 0.2) is 0 Å². The van der Waals surface area contributed by atoms with E-state index in [1.807, 2.05) is 30.3 Å². The largest absolute Gasteiger partial charge is 0.468 e. The lowest BCUT2D eigenvalue weighted by atomic mass is 10.1. The molecule has 0 saturated heterocycles. The van der Waals surface area contributed by atoms with Crippen LogP contribution in [-0.4, -0.2) is 31.2 Å². The molecule has 0 unspecified atom stereocenters. The summed E-state index contributed by atoms with van der Waals surface area (Å²) in [7, 11) is -3.81. The summed E-state index contributed by atoms with van der Waals surface area (Å²) in [6, 6.07) is 12.7. The van der Waals surface area contributed by atoms with E-state index in [-0.39, 0.29) is 25.0 Å². The number of amides is 1. The van der Waals surface area contributed by atoms with Crippen LogP contribution in [0, 0.1) is 0 Å². The van der Waals surface area contributed by atoms with Crippen molar-refractivity contribution in [3.05, 3.63) is 65.5 Å². The van der Waals surface area contributed by atoms with Gasteiger partial charge in [-0.25, -0.2) is 8.42 Å². The van der Waals surface area contributed by atoms with Crippen molar-refractivity contribution in [2.45, 2.75) is 51.1 Å². The lowest BCUT2D eigenvalue weighted by Crippen LogP contribution is -2.43. The van der Waals surface area contributed by atoms with Gasteiger partial charge in [-0.3, -0.25) is 4.79 Å². The number of benzene rings is 1. The minimum atomic E-state index is -3.81. The number of nitrogens with one attached hydrogen (secondary N) is 1. The van der Waals surface area contributed by atoms with Gasteiger partial charge in [-0.05, 0) is 36.6 Å². The zero-order valence-corrected chi connectivity index (χ0v) is 17.3. The van der Waals surface area contributed by atoms with Gasteiger partial charge in [-0.2, -0.15) is 4.31 Å². The van der Waals surface area contributed by atoms with Gasteiger partial charge in [0.2, 0.25) is 15.9 Å². The molecule has 156 valence electrons. The lowest BCUT2D eigenvalue weighted by molar-refractivity contribution is -0.122. The maximum absolute atomic E-state index is 12.9. The van der Waals surface area contributed by atoms with Gasteiger partial charge in [0.25, 0.3) is 0 Å². The summed E-state index contributed by atoms with van der Waals surface area (Å²) >= 11 is 0. The monoisotopic (exact) mass is 416 g/mol. The second-order valence-electron chi connectivity index (χ2n) is 7.36. The van der Waals surface area contributed by atoms with Gasteiger partial charge < -0.3 is 9.73 Å². The first-order valence-corrected chi connectivity index (χ1v) is 11.6. The van der Waals surface area contributed by atoms with Crippen LogP contribution < -0.4 is 5.32 Å². The van der Waals surface area contributed by atoms with Crippen LogP contribution in [0.15, 0.2) is 58.6 Å². The van der Waals surface area contributed by atoms with Gasteiger partial charge in [0.1, 0.15) is 5.76 Å². The Bertz CT molecular complexity index is 884. The van der Waals surface area contributed by atoms with E-state index in [4.69, 9.17) is 4.42 Å². The Balaban J connectivity index is 1.71. The molecule has 2 aromatic rings. The number of nitrogens with zero attached hydrogens (tertiary/aromatic N) is 1. The van der Waals surface area contributed by atoms with E-state index in [1.54, 1.807) is 12.1 Å². The van der Waals surface area contributed by atoms with E-state index in [1.165, 1.54) is 25.2 Å². The highest BCUT2D eigenvalue weighted by atomic mass is 32.2. The molecule has 1 amide bonds. The van der Waals surface area contributed by atoms with E-state index in [2.05, 4.69) is 5.32 Å². The normalized spacial score (nSPS) is 16.2. The van der Waals surface area contributed by atoms with Crippen molar-refractivity contribution < 1.29 is 17.6 Å². The van der Waals surface area contributed by atoms with E-state index in [0.717, 1.165) is 41.0 Å². The molecule has 1 N–H and O–H groups in total. The third-order valence-corrected chi connectivity index (χ3v) is 6.50. The summed E-state index contributed by atoms with van der Waals surface area (Å²) in [5.74, 6) is 0.212. The van der Waals surface area contributed by atoms with E-state index in [0.29, 0.717) is 5.76 Å². The topological polar surface area (TPSA) is 79.6 Å². The average molecular weight is 417 g/mol. The number of sulfonamides is 1. The fraction of sp³-hybridized carbons (Fsp3) is 0.409. The predicted molar refractivity (Wildman–Crippen MR) is 113 cm³/mol. The summed E-state index contributed by atoms with van der Waals surface area (Å²) in [6.45, 7) is -0.231. The molecular formula is C22H28N2O4S. The molecule has 1 aliphatic carbocycles. The van der Waals surface area contributed by atoms with Crippen LogP contribution in [-0.2, 0) is 21.4 Å². The van der Waals surface area contributed by atoms with Gasteiger partial charge in [-0.1, -0.05) is 56.0 Å². The Kier molecular flexibility index (Phi) is 7.66. The molecule has 7 heteroatoms. The van der Waals surface area contributed by atoms with Crippen molar-refractivity contribution in [2.75, 3.05) is 6.54 Å². The van der Waals surface area contributed by atoms with E-state index < -0.39 is 10.0 Å². The predicted octanol–water partition coefficient (Wildman–Crippen LogP) is 3.92. The molecule has 0 bridgehead atoms. The molecule has 1 saturated carbocycles. The molecular weight excluding hydrogens is 388 g/mol. The van der Waals surface area contributed by atoms with Crippen molar-refractivity contribution in [3.63, 3.8) is 0 Å². The van der Waals surface area contributed by atoms with Crippen LogP contribution >= 0.6 is 0 Å². The van der Waals surface area contributed by atoms with Crippen LogP contribution in [0.2, 0.25) is 0 Å². The third kappa shape index (κ3) is 6.87. The minimum Gasteiger partial charge on any atom is -0.468 e. The molecule has 0 atom stereocenters. The summed E-state index contributed by atoms with van der Waals surface area (Å²) in [6.07, 6.45) is 9.50. The summed E-state index contributed by atoms with van der Waals surface area (Å²) in [4.78, 5) is 12.6. The molecule has 1 fully saturated rings. The quantitative estimate of drug-likeness (QED) is 0.662. The molecule has 0 radical (unpaired) electrons. The highest BCUT2D eigenvalue weighted by Crippen LogP contribution is 2.18. The molecule has 3 rings (SSSR count). The zero-order chi connectivity index (χ0) is 20.5. The highest BCUT2D eigenvalue weighted by Gasteiger charge is 2.25. The Labute approximate surface area is 172 Å². The summed E-state index contributed by atoms with van der Waals surface area (Å²) in [5, 5.41) is 4.16. The fourth-order valence-electron chi connectivity index (χ4n) is 3.48. The Morgan fingerprint density at radius 2 is 1.79 bits per heavy atom. The molecule has 29 heavy (non-hydrogen) atoms. The first-order chi connectivity index (χ1) is 14.0. The van der Waals surface area contributed by atoms with Gasteiger partial charge in [0.05, 0.1) is 19.4 Å². The maximum atomic E-state index is 12.9. The number of carbonyl (C=O) groups excluding carboxylic acids is 1. The molecule has 1 heterocycles. The van der Waals surface area contributed by atoms with Crippen LogP contribution in [0.3, 0.4) is 0 Å². The number of hydrogen-bond donors (Lipinski definition) is 1. The van der Waals surface area contributed by atoms with Gasteiger partial charge in [-0.15, -0.1) is 0 Å². The summed E-state index contributed by atoms with van der Waals surface area (Å²) in [5.41, 5.74) is 0.775. The van der Waals surface area contributed by atoms with Gasteiger partial charge >= 0.3 is 0 Å². The maximum Gasteiger partial charge on any atom is 0.237 e. The van der Waals surface area contributed by atoms with E-state index in [9.17, 15) is 13.2 Å². The molecule has 1 aromatic carbocycles. The van der Waals surface area contributed by atoms with Crippen molar-refractivity contribution >= 4 is 22.0 Å². The number of furan rings is 1. The van der Waals surface area contributed by atoms with Crippen LogP contribution in [0.5, 0.6) is 0 Å². The number of rotatable bonds is 8. The SMILES string of the molecule is O=C(CN(Cc1ccco1)S(=O)(=O)/C=C\c1ccccc1)NC1CCCCCC1. The fourth-order valence-corrected chi connectivity index (χ4v) is 4.59. The molecule has 6 nitrogen and oxygen atoms in total. The third-order valence-electron chi connectivity index (χ3n) is 5.04. The van der Waals surface area contributed by atoms with Crippen LogP contribution in [0.25, 0.3) is 6.08 Å². The van der Waals surface area contributed by atoms with E-state index >= 15 is 0 Å². The van der Waals surface area contributed by atoms with Crippen molar-refractivity contribution in [2.24, 2.45) is 0 Å². The Morgan fingerprint density at radius 3 is 2.45 bits per heavy atom. The molecule has 0 spiro atoms. The van der Waals surface area contributed by atoms with Gasteiger partial charge in [0, 0.05) is 11.4 Å². The lowest BCUT2D eigenvalue weighted by Gasteiger charge is -2.21. The molecule has 1 aromatic heterocycles. The molecule has 1 aliphatic rings. The highest BCUT2D eigenvalue weighted by molar-refractivity contribution is 7.92. The second kappa shape index (κ2) is 10.4. The van der Waals surface area contributed by atoms with Crippen LogP contribution in [0.4, 0.5) is 0 Å². The standard InChI is InChI=1S/C22H28N2O4S/c25-22(23-20-11-6-1-2-7-12-20)18-24(17-21-13-8-15-28-21)29(26,27)16-14-19-9-4-3-5-10-19/h3-5,8-10,13-16,20H,1-2,6-7,11-12,17-18H2,(H,23,25)/b16-14-. The summed E-state index contributed by atoms with van der Waals surface area (Å²) < 4.78 is 32.3. The number of hydrogen-bond acceptors (Lipinski definition) is 4.